The number of nitrogens with zero attached hydrogens (tertiary/aromatic N) is 3. The molecule has 1 aromatic heterocycles. The summed E-state index contributed by atoms with van der Waals surface area (Å²) in [7, 11) is 0. The topological polar surface area (TPSA) is 96.2 Å². The monoisotopic (exact) mass is 508 g/mol. The normalized spacial score (nSPS) is 16.7. The molecule has 0 unspecified atom stereocenters. The van der Waals surface area contributed by atoms with Gasteiger partial charge in [0.1, 0.15) is 17.6 Å². The fourth-order valence-electron chi connectivity index (χ4n) is 5.09. The van der Waals surface area contributed by atoms with Gasteiger partial charge in [0, 0.05) is 29.3 Å². The standard InChI is InChI=1S/C31H29FN4O2/c1-20-8-7-13-36(20)30(37)24-15-22(25-11-6-12-27(32)26(25)18-33)14-23(16-24)29-35-19-28(38-29)31(2,34)17-21-9-4-3-5-10-21/h3-6,9-12,14-16,19-20H,7-8,13,17,34H2,1-2H3/t20-,31+/m0/s1. The van der Waals surface area contributed by atoms with Crippen LogP contribution < -0.4 is 5.73 Å². The van der Waals surface area contributed by atoms with Gasteiger partial charge in [-0.1, -0.05) is 42.5 Å². The average molecular weight is 509 g/mol. The zero-order valence-corrected chi connectivity index (χ0v) is 21.4. The molecule has 5 rings (SSSR count). The van der Waals surface area contributed by atoms with E-state index in [9.17, 15) is 14.4 Å². The van der Waals surface area contributed by atoms with Crippen molar-refractivity contribution in [2.24, 2.45) is 5.73 Å². The molecule has 2 heterocycles. The Kier molecular flexibility index (Phi) is 6.83. The number of hydrogen-bond acceptors (Lipinski definition) is 5. The van der Waals surface area contributed by atoms with Gasteiger partial charge in [-0.25, -0.2) is 9.37 Å². The number of rotatable bonds is 6. The Morgan fingerprint density at radius 1 is 1.18 bits per heavy atom. The first-order chi connectivity index (χ1) is 18.3. The van der Waals surface area contributed by atoms with Gasteiger partial charge in [-0.05, 0) is 68.5 Å². The minimum absolute atomic E-state index is 0.0805. The van der Waals surface area contributed by atoms with Crippen LogP contribution >= 0.6 is 0 Å². The van der Waals surface area contributed by atoms with Crippen LogP contribution in [0.4, 0.5) is 4.39 Å². The van der Waals surface area contributed by atoms with E-state index < -0.39 is 11.4 Å². The lowest BCUT2D eigenvalue weighted by Crippen LogP contribution is -2.35. The van der Waals surface area contributed by atoms with E-state index in [1.165, 1.54) is 6.07 Å². The highest BCUT2D eigenvalue weighted by Crippen LogP contribution is 2.34. The second-order valence-electron chi connectivity index (χ2n) is 10.2. The Morgan fingerprint density at radius 3 is 2.66 bits per heavy atom. The Balaban J connectivity index is 1.58. The molecule has 4 aromatic rings. The number of nitrogens with two attached hydrogens (primary N) is 1. The summed E-state index contributed by atoms with van der Waals surface area (Å²) < 4.78 is 20.6. The summed E-state index contributed by atoms with van der Waals surface area (Å²) in [4.78, 5) is 19.9. The minimum Gasteiger partial charge on any atom is -0.439 e. The zero-order valence-electron chi connectivity index (χ0n) is 21.4. The average Bonchev–Trinajstić information content (AvgIpc) is 3.58. The van der Waals surface area contributed by atoms with Crippen molar-refractivity contribution in [3.8, 4) is 28.7 Å². The van der Waals surface area contributed by atoms with Gasteiger partial charge >= 0.3 is 0 Å². The molecule has 192 valence electrons. The number of halogens is 1. The predicted molar refractivity (Wildman–Crippen MR) is 143 cm³/mol. The predicted octanol–water partition coefficient (Wildman–Crippen LogP) is 6.06. The van der Waals surface area contributed by atoms with E-state index in [-0.39, 0.29) is 17.5 Å². The molecule has 1 aliphatic rings. The highest BCUT2D eigenvalue weighted by Gasteiger charge is 2.29. The number of aromatic nitrogens is 1. The Labute approximate surface area is 221 Å². The van der Waals surface area contributed by atoms with Crippen molar-refractivity contribution in [1.29, 1.82) is 5.26 Å². The Bertz CT molecular complexity index is 1520. The summed E-state index contributed by atoms with van der Waals surface area (Å²) in [6.45, 7) is 4.60. The summed E-state index contributed by atoms with van der Waals surface area (Å²) in [5.41, 5.74) is 8.73. The van der Waals surface area contributed by atoms with Crippen molar-refractivity contribution >= 4 is 5.91 Å². The molecule has 0 bridgehead atoms. The van der Waals surface area contributed by atoms with Gasteiger partial charge < -0.3 is 15.1 Å². The number of oxazole rings is 1. The molecular weight excluding hydrogens is 479 g/mol. The first-order valence-electron chi connectivity index (χ1n) is 12.7. The molecule has 2 N–H and O–H groups in total. The molecule has 38 heavy (non-hydrogen) atoms. The number of hydrogen-bond donors (Lipinski definition) is 1. The molecule has 0 saturated carbocycles. The second kappa shape index (κ2) is 10.2. The Hall–Kier alpha value is -4.28. The SMILES string of the molecule is C[C@H]1CCCN1C(=O)c1cc(-c2ncc([C@](C)(N)Cc3ccccc3)o2)cc(-c2cccc(F)c2C#N)c1. The fourth-order valence-corrected chi connectivity index (χ4v) is 5.09. The van der Waals surface area contributed by atoms with Gasteiger partial charge in [-0.2, -0.15) is 5.26 Å². The van der Waals surface area contributed by atoms with E-state index in [4.69, 9.17) is 10.2 Å². The van der Waals surface area contributed by atoms with E-state index in [1.54, 1.807) is 36.5 Å². The molecule has 3 aromatic carbocycles. The third-order valence-corrected chi connectivity index (χ3v) is 7.16. The van der Waals surface area contributed by atoms with Gasteiger partial charge in [-0.3, -0.25) is 4.79 Å². The lowest BCUT2D eigenvalue weighted by atomic mass is 9.92. The Morgan fingerprint density at radius 2 is 1.95 bits per heavy atom. The van der Waals surface area contributed by atoms with Crippen molar-refractivity contribution in [3.05, 3.63) is 101 Å². The largest absolute Gasteiger partial charge is 0.439 e. The summed E-state index contributed by atoms with van der Waals surface area (Å²) >= 11 is 0. The zero-order chi connectivity index (χ0) is 26.9. The first kappa shape index (κ1) is 25.4. The van der Waals surface area contributed by atoms with Gasteiger partial charge in [0.2, 0.25) is 5.89 Å². The van der Waals surface area contributed by atoms with E-state index in [0.717, 1.165) is 18.4 Å². The van der Waals surface area contributed by atoms with Crippen LogP contribution in [0.1, 0.15) is 53.9 Å². The molecule has 7 heteroatoms. The quantitative estimate of drug-likeness (QED) is 0.341. The molecule has 0 aliphatic carbocycles. The molecule has 1 fully saturated rings. The molecule has 1 saturated heterocycles. The van der Waals surface area contributed by atoms with Crippen molar-refractivity contribution < 1.29 is 13.6 Å². The maximum Gasteiger partial charge on any atom is 0.254 e. The van der Waals surface area contributed by atoms with Gasteiger partial charge in [0.05, 0.1) is 17.3 Å². The molecule has 1 amide bonds. The van der Waals surface area contributed by atoms with Crippen molar-refractivity contribution in [2.45, 2.75) is 44.7 Å². The molecular formula is C31H29FN4O2. The van der Waals surface area contributed by atoms with Crippen molar-refractivity contribution in [1.82, 2.24) is 9.88 Å². The number of nitriles is 1. The van der Waals surface area contributed by atoms with E-state index in [2.05, 4.69) is 4.98 Å². The van der Waals surface area contributed by atoms with E-state index in [1.807, 2.05) is 55.1 Å². The second-order valence-corrected chi connectivity index (χ2v) is 10.2. The maximum atomic E-state index is 14.5. The lowest BCUT2D eigenvalue weighted by Gasteiger charge is -2.22. The lowest BCUT2D eigenvalue weighted by molar-refractivity contribution is 0.0747. The van der Waals surface area contributed by atoms with Crippen LogP contribution in [0.2, 0.25) is 0 Å². The highest BCUT2D eigenvalue weighted by molar-refractivity contribution is 5.97. The third-order valence-electron chi connectivity index (χ3n) is 7.16. The number of amides is 1. The van der Waals surface area contributed by atoms with E-state index in [0.29, 0.717) is 46.9 Å². The van der Waals surface area contributed by atoms with Crippen molar-refractivity contribution in [2.75, 3.05) is 6.54 Å². The van der Waals surface area contributed by atoms with Crippen LogP contribution in [0.15, 0.2) is 77.3 Å². The van der Waals surface area contributed by atoms with Gasteiger partial charge in [0.25, 0.3) is 5.91 Å². The molecule has 0 radical (unpaired) electrons. The van der Waals surface area contributed by atoms with Gasteiger partial charge in [0.15, 0.2) is 0 Å². The maximum absolute atomic E-state index is 14.5. The molecule has 6 nitrogen and oxygen atoms in total. The van der Waals surface area contributed by atoms with Crippen LogP contribution in [0.3, 0.4) is 0 Å². The number of carbonyl (C=O) groups is 1. The summed E-state index contributed by atoms with van der Waals surface area (Å²) in [6.07, 6.45) is 4.05. The van der Waals surface area contributed by atoms with Crippen LogP contribution in [0.5, 0.6) is 0 Å². The van der Waals surface area contributed by atoms with Crippen LogP contribution in [0, 0.1) is 17.1 Å². The first-order valence-corrected chi connectivity index (χ1v) is 12.7. The smallest absolute Gasteiger partial charge is 0.254 e. The highest BCUT2D eigenvalue weighted by atomic mass is 19.1. The summed E-state index contributed by atoms with van der Waals surface area (Å²) in [6, 6.07) is 21.7. The minimum atomic E-state index is -0.815. The summed E-state index contributed by atoms with van der Waals surface area (Å²) in [5.74, 6) is 0.0680. The number of carbonyl (C=O) groups excluding carboxylic acids is 1. The van der Waals surface area contributed by atoms with Crippen LogP contribution in [0.25, 0.3) is 22.6 Å². The fraction of sp³-hybridized carbons (Fsp3) is 0.258. The summed E-state index contributed by atoms with van der Waals surface area (Å²) in [5, 5.41) is 9.64. The van der Waals surface area contributed by atoms with Crippen molar-refractivity contribution in [3.63, 3.8) is 0 Å². The molecule has 2 atom stereocenters. The van der Waals surface area contributed by atoms with Crippen LogP contribution in [-0.2, 0) is 12.0 Å². The van der Waals surface area contributed by atoms with Gasteiger partial charge in [-0.15, -0.1) is 0 Å². The third kappa shape index (κ3) is 4.96. The number of likely N-dealkylation sites (tertiary alicyclic amines) is 1. The van der Waals surface area contributed by atoms with Crippen LogP contribution in [-0.4, -0.2) is 28.4 Å². The van der Waals surface area contributed by atoms with E-state index >= 15 is 0 Å². The molecule has 1 aliphatic heterocycles. The molecule has 0 spiro atoms. The number of benzene rings is 3.